The maximum Gasteiger partial charge on any atom is 0.297 e. The Labute approximate surface area is 767 Å². The molecular formula is C99H104O29S4. The van der Waals surface area contributed by atoms with Crippen LogP contribution < -0.4 is 0 Å². The van der Waals surface area contributed by atoms with E-state index in [0.717, 1.165) is 0 Å². The molecule has 15 rings (SSSR count). The standard InChI is InChI=1S/C99H104O29S4/c1-64-40-48-75(49-41-64)129(105,106)125-91-83(100)87(79(117-95(91)104)60-113-56-68-26-12-5-13-27-68)121-96-92(126-130(107,108)76-50-42-65(2)43-51-76)84(101)88(80(118-96)61-114-57-69-28-14-6-15-29-69)122-97-93(127-131(109,110)77-52-44-66(3)45-53-77)85(102)89(81(119-97)62-115-58-70-30-16-7-17-31-70)123-98-94(128-132(111,112)78-54-46-67(4)47-55-78)86(103)90(82(120-98)63-116-59-71-32-18-8-19-33-71)124-99(72-34-20-9-21-35-72,73-36-22-10-23-37-73)74-38-24-11-25-39-74/h5-55,79-98,100-104H,56-63H2,1-4H3/t79-,80-,81-,82-,83+,84+,85-,86+,87-,88-,89-,90-,91+,92+,93+,94+,95+,96-,97-,98-/m1/s1. The molecule has 29 nitrogen and oxygen atoms in total. The van der Waals surface area contributed by atoms with Crippen molar-refractivity contribution in [1.29, 1.82) is 0 Å². The quantitative estimate of drug-likeness (QED) is 0.0176. The van der Waals surface area contributed by atoms with E-state index in [1.165, 1.54) is 97.1 Å². The van der Waals surface area contributed by atoms with Crippen molar-refractivity contribution in [2.45, 2.75) is 202 Å². The van der Waals surface area contributed by atoms with Crippen molar-refractivity contribution < 1.29 is 133 Å². The second kappa shape index (κ2) is 43.8. The predicted octanol–water partition coefficient (Wildman–Crippen LogP) is 11.1. The molecule has 4 saturated heterocycles. The van der Waals surface area contributed by atoms with Gasteiger partial charge in [-0.1, -0.05) is 283 Å². The summed E-state index contributed by atoms with van der Waals surface area (Å²) in [6, 6.07) is 84.5. The average molecular weight is 1890 g/mol. The third kappa shape index (κ3) is 23.6. The zero-order chi connectivity index (χ0) is 92.7. The Morgan fingerprint density at radius 2 is 0.470 bits per heavy atom. The van der Waals surface area contributed by atoms with Crippen LogP contribution >= 0.6 is 0 Å². The number of hydrogen-bond donors (Lipinski definition) is 5. The van der Waals surface area contributed by atoms with Crippen LogP contribution in [-0.4, -0.2) is 208 Å². The van der Waals surface area contributed by atoms with Crippen molar-refractivity contribution >= 4 is 40.5 Å². The summed E-state index contributed by atoms with van der Waals surface area (Å²) >= 11 is 0. The molecule has 0 radical (unpaired) electrons. The van der Waals surface area contributed by atoms with Crippen LogP contribution in [0.4, 0.5) is 0 Å². The first kappa shape index (κ1) is 96.9. The molecule has 698 valence electrons. The highest BCUT2D eigenvalue weighted by molar-refractivity contribution is 7.87. The van der Waals surface area contributed by atoms with E-state index in [-0.39, 0.29) is 36.2 Å². The molecule has 11 aromatic rings. The summed E-state index contributed by atoms with van der Waals surface area (Å²) in [5, 5.41) is 66.1. The van der Waals surface area contributed by atoms with E-state index in [2.05, 4.69) is 0 Å². The molecule has 0 aromatic heterocycles. The maximum absolute atomic E-state index is 15.4. The first-order valence-electron chi connectivity index (χ1n) is 42.9. The van der Waals surface area contributed by atoms with Gasteiger partial charge in [-0.25, -0.2) is 0 Å². The minimum Gasteiger partial charge on any atom is -0.387 e. The van der Waals surface area contributed by atoms with E-state index in [0.29, 0.717) is 61.2 Å². The molecule has 0 amide bonds. The van der Waals surface area contributed by atoms with Gasteiger partial charge in [-0.2, -0.15) is 33.7 Å². The smallest absolute Gasteiger partial charge is 0.297 e. The Morgan fingerprint density at radius 1 is 0.258 bits per heavy atom. The molecule has 20 atom stereocenters. The predicted molar refractivity (Wildman–Crippen MR) is 477 cm³/mol. The van der Waals surface area contributed by atoms with Crippen molar-refractivity contribution in [3.8, 4) is 0 Å². The second-order valence-corrected chi connectivity index (χ2v) is 38.9. The maximum atomic E-state index is 15.4. The molecule has 4 aliphatic rings. The van der Waals surface area contributed by atoms with Gasteiger partial charge < -0.3 is 82.4 Å². The summed E-state index contributed by atoms with van der Waals surface area (Å²) in [5.41, 5.74) is 5.12. The molecule has 11 aromatic carbocycles. The van der Waals surface area contributed by atoms with Crippen LogP contribution in [0, 0.1) is 27.7 Å². The van der Waals surface area contributed by atoms with Gasteiger partial charge in [-0.3, -0.25) is 16.7 Å². The van der Waals surface area contributed by atoms with Crippen molar-refractivity contribution in [2.75, 3.05) is 26.4 Å². The Balaban J connectivity index is 0.852. The SMILES string of the molecule is Cc1ccc(S(=O)(=O)O[C@@H]2[C@@H](O[C@H]3[C@H](O)[C@H](OS(=O)(=O)c4ccc(C)cc4)[C@@H](O)O[C@@H]3COCc3ccccc3)O[C@H](COCc3ccccc3)[C@@H](O[C@H]3O[C@H](COCc4ccccc4)[C@@H](O[C@H]4O[C@H](COCc5ccccc5)[C@@H](OC(c5ccccc5)(c5ccccc5)c5ccccc5)[C@H](O)[C@@H]4OS(=O)(=O)c4ccc(C)cc4)[C@@H](O)[C@@H]3OS(=O)(=O)c3ccc(C)cc3)[C@@H]2O)cc1. The third-order valence-corrected chi connectivity index (χ3v) is 28.3. The van der Waals surface area contributed by atoms with Crippen LogP contribution in [0.15, 0.2) is 329 Å². The second-order valence-electron chi connectivity index (χ2n) is 32.6. The van der Waals surface area contributed by atoms with Crippen LogP contribution in [0.5, 0.6) is 0 Å². The lowest BCUT2D eigenvalue weighted by atomic mass is 9.79. The minimum absolute atomic E-state index is 0.0533. The number of aliphatic hydroxyl groups excluding tert-OH is 5. The lowest BCUT2D eigenvalue weighted by Gasteiger charge is -2.51. The molecule has 0 aliphatic carbocycles. The van der Waals surface area contributed by atoms with Crippen molar-refractivity contribution in [1.82, 2.24) is 0 Å². The van der Waals surface area contributed by atoms with E-state index < -0.39 is 205 Å². The zero-order valence-electron chi connectivity index (χ0n) is 72.3. The summed E-state index contributed by atoms with van der Waals surface area (Å²) in [7, 11) is -20.4. The van der Waals surface area contributed by atoms with Gasteiger partial charge in [0.15, 0.2) is 49.6 Å². The normalized spacial score (nSPS) is 26.2. The third-order valence-electron chi connectivity index (χ3n) is 23.0. The molecule has 0 saturated carbocycles. The molecule has 4 heterocycles. The molecule has 132 heavy (non-hydrogen) atoms. The molecule has 0 unspecified atom stereocenters. The van der Waals surface area contributed by atoms with E-state index in [1.54, 1.807) is 119 Å². The van der Waals surface area contributed by atoms with E-state index in [9.17, 15) is 34.0 Å². The van der Waals surface area contributed by atoms with E-state index in [1.807, 2.05) is 121 Å². The van der Waals surface area contributed by atoms with Crippen LogP contribution in [0.2, 0.25) is 0 Å². The summed E-state index contributed by atoms with van der Waals surface area (Å²) < 4.78 is 226. The fourth-order valence-electron chi connectivity index (χ4n) is 16.0. The van der Waals surface area contributed by atoms with Gasteiger partial charge in [0.25, 0.3) is 40.5 Å². The minimum atomic E-state index is -5.23. The number of hydrogen-bond acceptors (Lipinski definition) is 29. The fourth-order valence-corrected chi connectivity index (χ4v) is 20.3. The van der Waals surface area contributed by atoms with Gasteiger partial charge in [0.2, 0.25) is 0 Å². The lowest BCUT2D eigenvalue weighted by molar-refractivity contribution is -0.385. The number of ether oxygens (including phenoxy) is 12. The first-order chi connectivity index (χ1) is 63.6. The number of rotatable bonds is 39. The summed E-state index contributed by atoms with van der Waals surface area (Å²) in [5.74, 6) is 0. The number of aryl methyl sites for hydroxylation is 4. The molecule has 4 fully saturated rings. The largest absolute Gasteiger partial charge is 0.387 e. The molecule has 0 bridgehead atoms. The Kier molecular flexibility index (Phi) is 32.2. The molecule has 4 aliphatic heterocycles. The summed E-state index contributed by atoms with van der Waals surface area (Å²) in [6.45, 7) is 3.95. The molecular weight excluding hydrogens is 1780 g/mol. The summed E-state index contributed by atoms with van der Waals surface area (Å²) in [6.07, 6.45) is -42.8. The van der Waals surface area contributed by atoms with Gasteiger partial charge in [-0.15, -0.1) is 0 Å². The highest BCUT2D eigenvalue weighted by Crippen LogP contribution is 2.46. The van der Waals surface area contributed by atoms with Crippen LogP contribution in [0.25, 0.3) is 0 Å². The van der Waals surface area contributed by atoms with Crippen LogP contribution in [0.3, 0.4) is 0 Å². The van der Waals surface area contributed by atoms with Gasteiger partial charge in [-0.05, 0) is 115 Å². The topological polar surface area (TPSA) is 385 Å². The van der Waals surface area contributed by atoms with Gasteiger partial charge in [0.05, 0.1) is 72.4 Å². The fraction of sp³-hybridized carbons (Fsp3) is 0.333. The van der Waals surface area contributed by atoms with Crippen molar-refractivity contribution in [3.05, 3.63) is 371 Å². The number of aliphatic hydroxyl groups is 5. The highest BCUT2D eigenvalue weighted by atomic mass is 32.2. The number of benzene rings is 11. The van der Waals surface area contributed by atoms with Crippen LogP contribution in [-0.2, 0) is 146 Å². The Bertz CT molecular complexity index is 5870. The van der Waals surface area contributed by atoms with Gasteiger partial charge in [0.1, 0.15) is 78.8 Å². The monoisotopic (exact) mass is 1880 g/mol. The van der Waals surface area contributed by atoms with Crippen LogP contribution in [0.1, 0.15) is 61.2 Å². The first-order valence-corrected chi connectivity index (χ1v) is 48.5. The Hall–Kier alpha value is -9.62. The van der Waals surface area contributed by atoms with Crippen molar-refractivity contribution in [2.24, 2.45) is 0 Å². The molecule has 0 spiro atoms. The van der Waals surface area contributed by atoms with Gasteiger partial charge >= 0.3 is 0 Å². The average Bonchev–Trinajstić information content (AvgIpc) is 0.736. The molecule has 5 N–H and O–H groups in total. The Morgan fingerprint density at radius 3 is 0.727 bits per heavy atom. The molecule has 33 heteroatoms. The van der Waals surface area contributed by atoms with E-state index >= 15 is 25.3 Å². The zero-order valence-corrected chi connectivity index (χ0v) is 75.6. The summed E-state index contributed by atoms with van der Waals surface area (Å²) in [4.78, 5) is -1.71. The van der Waals surface area contributed by atoms with Crippen molar-refractivity contribution in [3.63, 3.8) is 0 Å². The van der Waals surface area contributed by atoms with Gasteiger partial charge in [0, 0.05) is 0 Å². The van der Waals surface area contributed by atoms with E-state index in [4.69, 9.17) is 73.6 Å². The highest BCUT2D eigenvalue weighted by Gasteiger charge is 2.60. The lowest BCUT2D eigenvalue weighted by Crippen LogP contribution is -2.68.